The van der Waals surface area contributed by atoms with Gasteiger partial charge in [0, 0.05) is 5.38 Å². The SMILES string of the molecule is CCc1ccc2nc(N3C(=O)C4=C(C(=O)C5CC(Cl)CCC5O4)C3c3cccc(O)c3)sc2c1. The van der Waals surface area contributed by atoms with Crippen LogP contribution >= 0.6 is 22.9 Å². The van der Waals surface area contributed by atoms with E-state index in [0.29, 0.717) is 29.1 Å². The Labute approximate surface area is 205 Å². The maximum absolute atomic E-state index is 13.8. The molecule has 8 heteroatoms. The zero-order chi connectivity index (χ0) is 23.6. The number of hydrogen-bond acceptors (Lipinski definition) is 6. The van der Waals surface area contributed by atoms with Gasteiger partial charge in [0.15, 0.2) is 16.7 Å². The summed E-state index contributed by atoms with van der Waals surface area (Å²) in [5.74, 6) is -0.643. The summed E-state index contributed by atoms with van der Waals surface area (Å²) >= 11 is 7.82. The lowest BCUT2D eigenvalue weighted by molar-refractivity contribution is -0.131. The number of amides is 1. The summed E-state index contributed by atoms with van der Waals surface area (Å²) in [6.45, 7) is 2.09. The zero-order valence-electron chi connectivity index (χ0n) is 18.5. The highest BCUT2D eigenvalue weighted by Gasteiger charge is 2.53. The Morgan fingerprint density at radius 3 is 2.85 bits per heavy atom. The van der Waals surface area contributed by atoms with Crippen LogP contribution in [0.25, 0.3) is 10.2 Å². The Balaban J connectivity index is 1.50. The first-order valence-electron chi connectivity index (χ1n) is 11.6. The molecule has 1 N–H and O–H groups in total. The second-order valence-electron chi connectivity index (χ2n) is 9.10. The molecule has 3 aliphatic rings. The average Bonchev–Trinajstić information content (AvgIpc) is 3.37. The molecular weight excluding hydrogens is 472 g/mol. The Morgan fingerprint density at radius 2 is 2.06 bits per heavy atom. The maximum atomic E-state index is 13.8. The number of Topliss-reactive ketones (excluding diaryl/α,β-unsaturated/α-hetero) is 1. The number of alkyl halides is 1. The normalized spacial score (nSPS) is 26.6. The topological polar surface area (TPSA) is 79.7 Å². The molecule has 34 heavy (non-hydrogen) atoms. The number of aromatic hydroxyl groups is 1. The largest absolute Gasteiger partial charge is 0.508 e. The number of nitrogens with zero attached hydrogens (tertiary/aromatic N) is 2. The number of thiazole rings is 1. The molecule has 2 aromatic carbocycles. The van der Waals surface area contributed by atoms with Crippen LogP contribution in [-0.2, 0) is 20.7 Å². The van der Waals surface area contributed by atoms with Gasteiger partial charge >= 0.3 is 0 Å². The molecule has 1 aliphatic carbocycles. The monoisotopic (exact) mass is 494 g/mol. The van der Waals surface area contributed by atoms with Gasteiger partial charge in [-0.25, -0.2) is 4.98 Å². The van der Waals surface area contributed by atoms with Gasteiger partial charge in [0.2, 0.25) is 0 Å². The molecule has 0 spiro atoms. The lowest BCUT2D eigenvalue weighted by atomic mass is 9.77. The third-order valence-corrected chi connectivity index (χ3v) is 8.44. The van der Waals surface area contributed by atoms with E-state index in [9.17, 15) is 14.7 Å². The molecular formula is C26H23ClN2O4S. The predicted molar refractivity (Wildman–Crippen MR) is 131 cm³/mol. The summed E-state index contributed by atoms with van der Waals surface area (Å²) in [6.07, 6.45) is 2.50. The number of anilines is 1. The van der Waals surface area contributed by atoms with Crippen LogP contribution in [-0.4, -0.2) is 33.3 Å². The van der Waals surface area contributed by atoms with E-state index in [1.807, 2.05) is 18.2 Å². The Morgan fingerprint density at radius 1 is 1.21 bits per heavy atom. The van der Waals surface area contributed by atoms with E-state index in [1.54, 1.807) is 23.1 Å². The van der Waals surface area contributed by atoms with E-state index in [4.69, 9.17) is 21.3 Å². The maximum Gasteiger partial charge on any atom is 0.296 e. The number of benzene rings is 2. The highest BCUT2D eigenvalue weighted by Crippen LogP contribution is 2.50. The fourth-order valence-corrected chi connectivity index (χ4v) is 6.68. The molecule has 1 aromatic heterocycles. The van der Waals surface area contributed by atoms with Gasteiger partial charge in [0.05, 0.1) is 27.7 Å². The number of carbonyl (C=O) groups is 2. The summed E-state index contributed by atoms with van der Waals surface area (Å²) < 4.78 is 7.19. The van der Waals surface area contributed by atoms with E-state index >= 15 is 0 Å². The predicted octanol–water partition coefficient (Wildman–Crippen LogP) is 5.28. The first kappa shape index (κ1) is 21.6. The van der Waals surface area contributed by atoms with Crippen molar-refractivity contribution in [2.24, 2.45) is 5.92 Å². The molecule has 3 heterocycles. The van der Waals surface area contributed by atoms with Crippen LogP contribution in [0.2, 0.25) is 0 Å². The van der Waals surface area contributed by atoms with E-state index < -0.39 is 6.04 Å². The Hall–Kier alpha value is -2.90. The van der Waals surface area contributed by atoms with Gasteiger partial charge in [-0.3, -0.25) is 14.5 Å². The quantitative estimate of drug-likeness (QED) is 0.501. The summed E-state index contributed by atoms with van der Waals surface area (Å²) in [5.41, 5.74) is 2.97. The van der Waals surface area contributed by atoms with Crippen molar-refractivity contribution in [3.05, 3.63) is 64.9 Å². The number of phenols is 1. The van der Waals surface area contributed by atoms with Gasteiger partial charge in [0.1, 0.15) is 11.9 Å². The summed E-state index contributed by atoms with van der Waals surface area (Å²) in [4.78, 5) is 33.9. The fraction of sp³-hybridized carbons (Fsp3) is 0.346. The second kappa shape index (κ2) is 8.10. The Kier molecular flexibility index (Phi) is 5.15. The number of carbonyl (C=O) groups excluding carboxylic acids is 2. The first-order valence-corrected chi connectivity index (χ1v) is 12.8. The average molecular weight is 495 g/mol. The summed E-state index contributed by atoms with van der Waals surface area (Å²) in [5, 5.41) is 10.6. The number of rotatable bonds is 3. The number of aryl methyl sites for hydroxylation is 1. The fourth-order valence-electron chi connectivity index (χ4n) is 5.30. The molecule has 0 radical (unpaired) electrons. The first-order chi connectivity index (χ1) is 16.4. The molecule has 1 fully saturated rings. The third kappa shape index (κ3) is 3.33. The molecule has 6 rings (SSSR count). The van der Waals surface area contributed by atoms with Crippen LogP contribution in [0, 0.1) is 5.92 Å². The molecule has 1 amide bonds. The van der Waals surface area contributed by atoms with Crippen molar-refractivity contribution in [2.75, 3.05) is 4.90 Å². The van der Waals surface area contributed by atoms with E-state index in [0.717, 1.165) is 23.1 Å². The molecule has 0 saturated heterocycles. The van der Waals surface area contributed by atoms with Crippen molar-refractivity contribution in [1.29, 1.82) is 0 Å². The lowest BCUT2D eigenvalue weighted by Gasteiger charge is -2.37. The van der Waals surface area contributed by atoms with Crippen molar-refractivity contribution in [3.63, 3.8) is 0 Å². The van der Waals surface area contributed by atoms with Crippen molar-refractivity contribution in [3.8, 4) is 5.75 Å². The van der Waals surface area contributed by atoms with Crippen LogP contribution in [0.5, 0.6) is 5.75 Å². The highest BCUT2D eigenvalue weighted by molar-refractivity contribution is 7.22. The number of fused-ring (bicyclic) bond motifs is 2. The molecule has 3 aromatic rings. The second-order valence-corrected chi connectivity index (χ2v) is 10.7. The number of hydrogen-bond donors (Lipinski definition) is 1. The number of halogens is 1. The van der Waals surface area contributed by atoms with Crippen LogP contribution < -0.4 is 4.90 Å². The van der Waals surface area contributed by atoms with E-state index in [1.165, 1.54) is 16.9 Å². The van der Waals surface area contributed by atoms with Crippen molar-refractivity contribution < 1.29 is 19.4 Å². The van der Waals surface area contributed by atoms with Gasteiger partial charge < -0.3 is 9.84 Å². The summed E-state index contributed by atoms with van der Waals surface area (Å²) in [7, 11) is 0. The van der Waals surface area contributed by atoms with Crippen LogP contribution in [0.4, 0.5) is 5.13 Å². The molecule has 4 unspecified atom stereocenters. The van der Waals surface area contributed by atoms with Gasteiger partial charge in [-0.2, -0.15) is 0 Å². The number of ketones is 1. The van der Waals surface area contributed by atoms with Crippen LogP contribution in [0.3, 0.4) is 0 Å². The molecule has 0 bridgehead atoms. The number of aromatic nitrogens is 1. The van der Waals surface area contributed by atoms with Crippen LogP contribution in [0.15, 0.2) is 53.8 Å². The molecule has 4 atom stereocenters. The molecule has 2 aliphatic heterocycles. The highest BCUT2D eigenvalue weighted by atomic mass is 35.5. The van der Waals surface area contributed by atoms with Gasteiger partial charge in [-0.15, -0.1) is 11.6 Å². The van der Waals surface area contributed by atoms with Gasteiger partial charge in [0.25, 0.3) is 5.91 Å². The minimum absolute atomic E-state index is 0.0661. The van der Waals surface area contributed by atoms with Crippen LogP contribution in [0.1, 0.15) is 43.4 Å². The van der Waals surface area contributed by atoms with Gasteiger partial charge in [-0.05, 0) is 61.1 Å². The van der Waals surface area contributed by atoms with E-state index in [2.05, 4.69) is 13.0 Å². The summed E-state index contributed by atoms with van der Waals surface area (Å²) in [6, 6.07) is 12.1. The van der Waals surface area contributed by atoms with Crippen molar-refractivity contribution in [1.82, 2.24) is 4.98 Å². The standard InChI is InChI=1S/C26H23ClN2O4S/c1-2-13-6-8-18-20(10-13)34-26(28-18)29-22(14-4-3-5-16(30)11-14)21-23(31)17-12-15(27)7-9-19(17)33-24(21)25(29)32/h3-6,8,10-11,15,17,19,22,30H,2,7,9,12H2,1H3. The number of phenolic OH excluding ortho intramolecular Hbond substituents is 1. The third-order valence-electron chi connectivity index (χ3n) is 7.03. The minimum Gasteiger partial charge on any atom is -0.508 e. The number of ether oxygens (including phenoxy) is 1. The molecule has 174 valence electrons. The Bertz CT molecular complexity index is 1370. The molecule has 6 nitrogen and oxygen atoms in total. The van der Waals surface area contributed by atoms with Crippen molar-refractivity contribution >= 4 is 50.0 Å². The lowest BCUT2D eigenvalue weighted by Crippen LogP contribution is -2.41. The van der Waals surface area contributed by atoms with Gasteiger partial charge in [-0.1, -0.05) is 36.5 Å². The van der Waals surface area contributed by atoms with E-state index in [-0.39, 0.29) is 40.6 Å². The smallest absolute Gasteiger partial charge is 0.296 e. The minimum atomic E-state index is -0.718. The van der Waals surface area contributed by atoms with Crippen molar-refractivity contribution in [2.45, 2.75) is 50.1 Å². The zero-order valence-corrected chi connectivity index (χ0v) is 20.1. The molecule has 1 saturated carbocycles.